The van der Waals surface area contributed by atoms with E-state index in [0.29, 0.717) is 5.69 Å². The second-order valence-corrected chi connectivity index (χ2v) is 4.95. The molecule has 2 aromatic rings. The smallest absolute Gasteiger partial charge is 0.203 e. The maximum absolute atomic E-state index is 12.4. The molecule has 0 unspecified atom stereocenters. The van der Waals surface area contributed by atoms with E-state index in [1.54, 1.807) is 6.07 Å². The van der Waals surface area contributed by atoms with Crippen molar-refractivity contribution >= 4 is 22.8 Å². The Kier molecular flexibility index (Phi) is 3.29. The molecule has 3 heteroatoms. The number of carbonyl (C=O) groups is 1. The Morgan fingerprint density at radius 2 is 2.12 bits per heavy atom. The van der Waals surface area contributed by atoms with Gasteiger partial charge in [-0.05, 0) is 54.1 Å². The topological polar surface area (TPSA) is 43.1 Å². The molecule has 0 aliphatic rings. The van der Waals surface area contributed by atoms with Crippen molar-refractivity contribution in [3.63, 3.8) is 0 Å². The van der Waals surface area contributed by atoms with Gasteiger partial charge >= 0.3 is 0 Å². The van der Waals surface area contributed by atoms with Crippen LogP contribution in [0.3, 0.4) is 0 Å². The van der Waals surface area contributed by atoms with Crippen molar-refractivity contribution in [2.45, 2.75) is 20.3 Å². The van der Waals surface area contributed by atoms with Crippen LogP contribution < -0.4 is 5.73 Å². The van der Waals surface area contributed by atoms with Gasteiger partial charge in [0.2, 0.25) is 5.78 Å². The summed E-state index contributed by atoms with van der Waals surface area (Å²) in [6.07, 6.45) is 0.887. The van der Waals surface area contributed by atoms with Crippen LogP contribution in [0.1, 0.15) is 33.3 Å². The van der Waals surface area contributed by atoms with Gasteiger partial charge in [0.25, 0.3) is 0 Å². The number of hydrogen-bond acceptors (Lipinski definition) is 3. The van der Waals surface area contributed by atoms with Gasteiger partial charge in [-0.3, -0.25) is 4.79 Å². The molecule has 88 valence electrons. The Bertz CT molecular complexity index is 557. The van der Waals surface area contributed by atoms with Crippen molar-refractivity contribution in [3.05, 3.63) is 51.2 Å². The molecule has 0 spiro atoms. The first kappa shape index (κ1) is 11.9. The molecule has 0 atom stereocenters. The summed E-state index contributed by atoms with van der Waals surface area (Å²) < 4.78 is 0. The van der Waals surface area contributed by atoms with Crippen LogP contribution in [0.2, 0.25) is 0 Å². The lowest BCUT2D eigenvalue weighted by molar-refractivity contribution is 0.104. The molecule has 0 saturated carbocycles. The molecular weight excluding hydrogens is 230 g/mol. The lowest BCUT2D eigenvalue weighted by Gasteiger charge is -2.06. The molecule has 1 aromatic heterocycles. The standard InChI is InChI=1S/C14H15NOS/c1-3-10-6-7-17-14(10)13(16)12-5-4-11(15)8-9(12)2/h4-8H,3,15H2,1-2H3. The van der Waals surface area contributed by atoms with E-state index in [4.69, 9.17) is 5.73 Å². The Morgan fingerprint density at radius 1 is 1.35 bits per heavy atom. The monoisotopic (exact) mass is 245 g/mol. The Labute approximate surface area is 105 Å². The summed E-state index contributed by atoms with van der Waals surface area (Å²) in [5.74, 6) is 0.106. The molecule has 0 bridgehead atoms. The van der Waals surface area contributed by atoms with Gasteiger partial charge in [-0.2, -0.15) is 0 Å². The molecule has 0 fully saturated rings. The molecule has 0 aliphatic carbocycles. The van der Waals surface area contributed by atoms with Crippen LogP contribution in [0, 0.1) is 6.92 Å². The molecule has 2 N–H and O–H groups in total. The molecule has 0 aliphatic heterocycles. The van der Waals surface area contributed by atoms with Gasteiger partial charge in [-0.25, -0.2) is 0 Å². The highest BCUT2D eigenvalue weighted by atomic mass is 32.1. The summed E-state index contributed by atoms with van der Waals surface area (Å²) in [7, 11) is 0. The van der Waals surface area contributed by atoms with Gasteiger partial charge in [-0.1, -0.05) is 6.92 Å². The first-order valence-electron chi connectivity index (χ1n) is 5.60. The number of hydrogen-bond donors (Lipinski definition) is 1. The van der Waals surface area contributed by atoms with Crippen molar-refractivity contribution < 1.29 is 4.79 Å². The molecule has 0 saturated heterocycles. The summed E-state index contributed by atoms with van der Waals surface area (Å²) in [5, 5.41) is 1.97. The number of anilines is 1. The number of ketones is 1. The number of thiophene rings is 1. The second-order valence-electron chi connectivity index (χ2n) is 4.03. The van der Waals surface area contributed by atoms with Crippen molar-refractivity contribution in [2.75, 3.05) is 5.73 Å². The highest BCUT2D eigenvalue weighted by molar-refractivity contribution is 7.12. The van der Waals surface area contributed by atoms with E-state index in [1.807, 2.05) is 30.5 Å². The quantitative estimate of drug-likeness (QED) is 0.665. The van der Waals surface area contributed by atoms with Crippen LogP contribution >= 0.6 is 11.3 Å². The van der Waals surface area contributed by atoms with E-state index < -0.39 is 0 Å². The average Bonchev–Trinajstić information content (AvgIpc) is 2.76. The van der Waals surface area contributed by atoms with Gasteiger partial charge in [0.1, 0.15) is 0 Å². The normalized spacial score (nSPS) is 10.5. The maximum atomic E-state index is 12.4. The largest absolute Gasteiger partial charge is 0.399 e. The number of nitrogen functional groups attached to an aromatic ring is 1. The number of carbonyl (C=O) groups excluding carboxylic acids is 1. The van der Waals surface area contributed by atoms with Crippen molar-refractivity contribution in [3.8, 4) is 0 Å². The van der Waals surface area contributed by atoms with Crippen molar-refractivity contribution in [2.24, 2.45) is 0 Å². The summed E-state index contributed by atoms with van der Waals surface area (Å²) in [5.41, 5.74) is 9.19. The van der Waals surface area contributed by atoms with Crippen LogP contribution in [0.5, 0.6) is 0 Å². The predicted octanol–water partition coefficient (Wildman–Crippen LogP) is 3.43. The minimum atomic E-state index is 0.106. The van der Waals surface area contributed by atoms with Gasteiger partial charge in [-0.15, -0.1) is 11.3 Å². The van der Waals surface area contributed by atoms with E-state index in [0.717, 1.165) is 28.0 Å². The van der Waals surface area contributed by atoms with Crippen LogP contribution in [0.25, 0.3) is 0 Å². The Balaban J connectivity index is 2.44. The molecule has 1 heterocycles. The van der Waals surface area contributed by atoms with Crippen LogP contribution in [-0.2, 0) is 6.42 Å². The zero-order chi connectivity index (χ0) is 12.4. The number of benzene rings is 1. The summed E-state index contributed by atoms with van der Waals surface area (Å²) >= 11 is 1.51. The maximum Gasteiger partial charge on any atom is 0.203 e. The molecule has 2 nitrogen and oxygen atoms in total. The van der Waals surface area contributed by atoms with Gasteiger partial charge < -0.3 is 5.73 Å². The van der Waals surface area contributed by atoms with E-state index in [-0.39, 0.29) is 5.78 Å². The molecular formula is C14H15NOS. The lowest BCUT2D eigenvalue weighted by atomic mass is 10.0. The van der Waals surface area contributed by atoms with E-state index >= 15 is 0 Å². The van der Waals surface area contributed by atoms with Gasteiger partial charge in [0.05, 0.1) is 4.88 Å². The van der Waals surface area contributed by atoms with E-state index in [9.17, 15) is 4.79 Å². The van der Waals surface area contributed by atoms with Crippen LogP contribution in [0.4, 0.5) is 5.69 Å². The Morgan fingerprint density at radius 3 is 2.76 bits per heavy atom. The molecule has 0 amide bonds. The fraction of sp³-hybridized carbons (Fsp3) is 0.214. The van der Waals surface area contributed by atoms with Crippen LogP contribution in [0.15, 0.2) is 29.6 Å². The number of aryl methyl sites for hydroxylation is 2. The van der Waals surface area contributed by atoms with Crippen molar-refractivity contribution in [1.82, 2.24) is 0 Å². The third-order valence-corrected chi connectivity index (χ3v) is 3.78. The fourth-order valence-electron chi connectivity index (χ4n) is 1.88. The third kappa shape index (κ3) is 2.24. The second kappa shape index (κ2) is 4.72. The summed E-state index contributed by atoms with van der Waals surface area (Å²) in [4.78, 5) is 13.2. The summed E-state index contributed by atoms with van der Waals surface area (Å²) in [6.45, 7) is 3.98. The molecule has 1 aromatic carbocycles. The van der Waals surface area contributed by atoms with E-state index in [2.05, 4.69) is 6.92 Å². The average molecular weight is 245 g/mol. The zero-order valence-corrected chi connectivity index (χ0v) is 10.8. The minimum Gasteiger partial charge on any atom is -0.399 e. The zero-order valence-electron chi connectivity index (χ0n) is 9.99. The first-order valence-corrected chi connectivity index (χ1v) is 6.48. The van der Waals surface area contributed by atoms with Gasteiger partial charge in [0.15, 0.2) is 0 Å². The third-order valence-electron chi connectivity index (χ3n) is 2.83. The van der Waals surface area contributed by atoms with Gasteiger partial charge in [0, 0.05) is 11.3 Å². The Hall–Kier alpha value is -1.61. The van der Waals surface area contributed by atoms with Crippen molar-refractivity contribution in [1.29, 1.82) is 0 Å². The van der Waals surface area contributed by atoms with E-state index in [1.165, 1.54) is 11.3 Å². The fourth-order valence-corrected chi connectivity index (χ4v) is 2.83. The minimum absolute atomic E-state index is 0.106. The number of rotatable bonds is 3. The molecule has 2 rings (SSSR count). The highest BCUT2D eigenvalue weighted by Crippen LogP contribution is 2.23. The van der Waals surface area contributed by atoms with Crippen LogP contribution in [-0.4, -0.2) is 5.78 Å². The summed E-state index contributed by atoms with van der Waals surface area (Å²) in [6, 6.07) is 7.45. The highest BCUT2D eigenvalue weighted by Gasteiger charge is 2.16. The first-order chi connectivity index (χ1) is 8.13. The molecule has 0 radical (unpaired) electrons. The molecule has 17 heavy (non-hydrogen) atoms. The SMILES string of the molecule is CCc1ccsc1C(=O)c1ccc(N)cc1C. The lowest BCUT2D eigenvalue weighted by Crippen LogP contribution is -2.04. The predicted molar refractivity (Wildman–Crippen MR) is 72.7 cm³/mol. The number of nitrogens with two attached hydrogens (primary N) is 1.